The van der Waals surface area contributed by atoms with Crippen molar-refractivity contribution in [3.63, 3.8) is 0 Å². The molecule has 0 radical (unpaired) electrons. The van der Waals surface area contributed by atoms with Gasteiger partial charge in [0.1, 0.15) is 5.69 Å². The summed E-state index contributed by atoms with van der Waals surface area (Å²) in [4.78, 5) is 20.7. The maximum absolute atomic E-state index is 12.6. The molecule has 2 heterocycles. The van der Waals surface area contributed by atoms with Gasteiger partial charge in [-0.15, -0.1) is 0 Å². The van der Waals surface area contributed by atoms with Gasteiger partial charge < -0.3 is 19.3 Å². The molecule has 1 saturated carbocycles. The first-order valence-electron chi connectivity index (χ1n) is 8.33. The van der Waals surface area contributed by atoms with E-state index in [0.29, 0.717) is 5.69 Å². The molecule has 1 saturated heterocycles. The van der Waals surface area contributed by atoms with E-state index in [9.17, 15) is 9.90 Å². The number of aromatic nitrogens is 2. The Hall–Kier alpha value is -1.44. The standard InChI is InChI=1S/C16H26N4O3/c1-18-10-12(17-11-18)16(22)19(2)13-4-3-5-14(15(13)21)20-6-8-23-9-7-20/h10-11,13-15,21H,3-9H2,1-2H3/t13-,14-,15-/m1/s1. The van der Waals surface area contributed by atoms with E-state index in [1.807, 2.05) is 7.05 Å². The SMILES string of the molecule is CN(C(=O)c1cn(C)cn1)[C@@H]1CCC[C@@H](N2CCOCC2)[C@@H]1O. The lowest BCUT2D eigenvalue weighted by atomic mass is 9.86. The summed E-state index contributed by atoms with van der Waals surface area (Å²) in [6.45, 7) is 3.14. The number of aliphatic hydroxyl groups excluding tert-OH is 1. The van der Waals surface area contributed by atoms with E-state index >= 15 is 0 Å². The van der Waals surface area contributed by atoms with Crippen LogP contribution in [0.4, 0.5) is 0 Å². The Labute approximate surface area is 136 Å². The van der Waals surface area contributed by atoms with E-state index in [1.165, 1.54) is 0 Å². The zero-order valence-electron chi connectivity index (χ0n) is 13.9. The molecular formula is C16H26N4O3. The number of rotatable bonds is 3. The van der Waals surface area contributed by atoms with E-state index in [1.54, 1.807) is 29.0 Å². The van der Waals surface area contributed by atoms with Crippen LogP contribution in [0.3, 0.4) is 0 Å². The molecule has 0 unspecified atom stereocenters. The van der Waals surface area contributed by atoms with Crippen molar-refractivity contribution in [2.45, 2.75) is 37.5 Å². The van der Waals surface area contributed by atoms with Gasteiger partial charge in [0, 0.05) is 39.4 Å². The molecule has 2 aliphatic rings. The first-order chi connectivity index (χ1) is 11.1. The van der Waals surface area contributed by atoms with Crippen LogP contribution in [0.25, 0.3) is 0 Å². The molecule has 1 aliphatic carbocycles. The van der Waals surface area contributed by atoms with Gasteiger partial charge in [-0.05, 0) is 19.3 Å². The lowest BCUT2D eigenvalue weighted by molar-refractivity contribution is -0.0614. The highest BCUT2D eigenvalue weighted by molar-refractivity contribution is 5.92. The quantitative estimate of drug-likeness (QED) is 0.855. The maximum Gasteiger partial charge on any atom is 0.274 e. The molecule has 0 bridgehead atoms. The van der Waals surface area contributed by atoms with Crippen LogP contribution in [0.5, 0.6) is 0 Å². The maximum atomic E-state index is 12.6. The number of hydrogen-bond acceptors (Lipinski definition) is 5. The number of aryl methyl sites for hydroxylation is 1. The predicted molar refractivity (Wildman–Crippen MR) is 85.1 cm³/mol. The first-order valence-corrected chi connectivity index (χ1v) is 8.33. The molecule has 2 fully saturated rings. The number of amides is 1. The van der Waals surface area contributed by atoms with Gasteiger partial charge in [0.05, 0.1) is 31.7 Å². The molecule has 128 valence electrons. The Balaban J connectivity index is 1.69. The van der Waals surface area contributed by atoms with Crippen LogP contribution in [-0.2, 0) is 11.8 Å². The lowest BCUT2D eigenvalue weighted by Crippen LogP contribution is -2.58. The number of carbonyl (C=O) groups is 1. The van der Waals surface area contributed by atoms with Crippen molar-refractivity contribution in [1.82, 2.24) is 19.4 Å². The molecule has 1 N–H and O–H groups in total. The molecule has 3 atom stereocenters. The third-order valence-electron chi connectivity index (χ3n) is 5.04. The van der Waals surface area contributed by atoms with Crippen LogP contribution in [-0.4, -0.2) is 81.9 Å². The molecule has 1 aliphatic heterocycles. The molecule has 1 aromatic heterocycles. The summed E-state index contributed by atoms with van der Waals surface area (Å²) in [5, 5.41) is 10.9. The van der Waals surface area contributed by atoms with Crippen LogP contribution >= 0.6 is 0 Å². The zero-order valence-corrected chi connectivity index (χ0v) is 13.9. The van der Waals surface area contributed by atoms with Gasteiger partial charge in [-0.2, -0.15) is 0 Å². The number of ether oxygens (including phenoxy) is 1. The average molecular weight is 322 g/mol. The van der Waals surface area contributed by atoms with Gasteiger partial charge in [0.15, 0.2) is 0 Å². The number of morpholine rings is 1. The lowest BCUT2D eigenvalue weighted by Gasteiger charge is -2.45. The Morgan fingerprint density at radius 3 is 2.78 bits per heavy atom. The fraction of sp³-hybridized carbons (Fsp3) is 0.750. The summed E-state index contributed by atoms with van der Waals surface area (Å²) >= 11 is 0. The largest absolute Gasteiger partial charge is 0.389 e. The van der Waals surface area contributed by atoms with Crippen molar-refractivity contribution in [1.29, 1.82) is 0 Å². The molecule has 0 spiro atoms. The third kappa shape index (κ3) is 3.41. The summed E-state index contributed by atoms with van der Waals surface area (Å²) in [6, 6.07) is -0.0530. The average Bonchev–Trinajstić information content (AvgIpc) is 3.01. The van der Waals surface area contributed by atoms with Crippen LogP contribution in [0.2, 0.25) is 0 Å². The molecular weight excluding hydrogens is 296 g/mol. The Bertz CT molecular complexity index is 541. The van der Waals surface area contributed by atoms with Gasteiger partial charge in [0.2, 0.25) is 0 Å². The summed E-state index contributed by atoms with van der Waals surface area (Å²) < 4.78 is 7.16. The summed E-state index contributed by atoms with van der Waals surface area (Å²) in [5.74, 6) is -0.128. The van der Waals surface area contributed by atoms with Crippen molar-refractivity contribution in [3.8, 4) is 0 Å². The monoisotopic (exact) mass is 322 g/mol. The van der Waals surface area contributed by atoms with Gasteiger partial charge >= 0.3 is 0 Å². The van der Waals surface area contributed by atoms with E-state index in [2.05, 4.69) is 9.88 Å². The fourth-order valence-corrected chi connectivity index (χ4v) is 3.72. The second-order valence-electron chi connectivity index (χ2n) is 6.54. The molecule has 7 heteroatoms. The van der Waals surface area contributed by atoms with E-state index in [4.69, 9.17) is 4.74 Å². The minimum atomic E-state index is -0.528. The molecule has 23 heavy (non-hydrogen) atoms. The number of nitrogens with zero attached hydrogens (tertiary/aromatic N) is 4. The Morgan fingerprint density at radius 2 is 2.13 bits per heavy atom. The van der Waals surface area contributed by atoms with E-state index < -0.39 is 6.10 Å². The number of hydrogen-bond donors (Lipinski definition) is 1. The highest BCUT2D eigenvalue weighted by Crippen LogP contribution is 2.28. The van der Waals surface area contributed by atoms with Crippen molar-refractivity contribution < 1.29 is 14.6 Å². The second-order valence-corrected chi connectivity index (χ2v) is 6.54. The molecule has 3 rings (SSSR count). The molecule has 1 amide bonds. The van der Waals surface area contributed by atoms with Crippen LogP contribution in [0.1, 0.15) is 29.8 Å². The highest BCUT2D eigenvalue weighted by atomic mass is 16.5. The molecule has 1 aromatic rings. The Morgan fingerprint density at radius 1 is 1.39 bits per heavy atom. The van der Waals surface area contributed by atoms with Gasteiger partial charge in [-0.1, -0.05) is 0 Å². The van der Waals surface area contributed by atoms with Crippen molar-refractivity contribution in [3.05, 3.63) is 18.2 Å². The summed E-state index contributed by atoms with van der Waals surface area (Å²) in [5.41, 5.74) is 0.427. The highest BCUT2D eigenvalue weighted by Gasteiger charge is 2.39. The van der Waals surface area contributed by atoms with Crippen molar-refractivity contribution in [2.75, 3.05) is 33.4 Å². The second kappa shape index (κ2) is 6.98. The number of aliphatic hydroxyl groups is 1. The van der Waals surface area contributed by atoms with Crippen LogP contribution in [0.15, 0.2) is 12.5 Å². The van der Waals surface area contributed by atoms with Crippen LogP contribution < -0.4 is 0 Å². The smallest absolute Gasteiger partial charge is 0.274 e. The number of carbonyl (C=O) groups excluding carboxylic acids is 1. The minimum absolute atomic E-state index is 0.108. The topological polar surface area (TPSA) is 70.8 Å². The normalized spacial score (nSPS) is 29.4. The van der Waals surface area contributed by atoms with Gasteiger partial charge in [0.25, 0.3) is 5.91 Å². The van der Waals surface area contributed by atoms with Gasteiger partial charge in [-0.3, -0.25) is 9.69 Å². The minimum Gasteiger partial charge on any atom is -0.389 e. The fourth-order valence-electron chi connectivity index (χ4n) is 3.72. The van der Waals surface area contributed by atoms with Gasteiger partial charge in [-0.25, -0.2) is 4.98 Å². The first kappa shape index (κ1) is 16.4. The van der Waals surface area contributed by atoms with Crippen LogP contribution in [0, 0.1) is 0 Å². The third-order valence-corrected chi connectivity index (χ3v) is 5.04. The predicted octanol–water partition coefficient (Wildman–Crippen LogP) is 0.106. The van der Waals surface area contributed by atoms with E-state index in [-0.39, 0.29) is 18.0 Å². The number of likely N-dealkylation sites (N-methyl/N-ethyl adjacent to an activating group) is 1. The van der Waals surface area contributed by atoms with Crippen molar-refractivity contribution >= 4 is 5.91 Å². The Kier molecular flexibility index (Phi) is 4.99. The number of imidazole rings is 1. The van der Waals surface area contributed by atoms with E-state index in [0.717, 1.165) is 45.6 Å². The molecule has 7 nitrogen and oxygen atoms in total. The summed E-state index contributed by atoms with van der Waals surface area (Å²) in [6.07, 6.45) is 5.63. The zero-order chi connectivity index (χ0) is 16.4. The summed E-state index contributed by atoms with van der Waals surface area (Å²) in [7, 11) is 3.61. The molecule has 0 aromatic carbocycles. The van der Waals surface area contributed by atoms with Crippen molar-refractivity contribution in [2.24, 2.45) is 7.05 Å².